The van der Waals surface area contributed by atoms with Gasteiger partial charge in [0, 0.05) is 77.5 Å². The molecule has 2 fully saturated rings. The lowest BCUT2D eigenvalue weighted by Gasteiger charge is -2.40. The second kappa shape index (κ2) is 34.9. The number of amides is 3. The Kier molecular flexibility index (Phi) is 31.5. The number of aliphatic hydroxyl groups excluding tert-OH is 6. The molecular formula is C46H85N3O15. The minimum absolute atomic E-state index is 0.0282. The van der Waals surface area contributed by atoms with Gasteiger partial charge < -0.3 is 70.3 Å². The number of aliphatic hydroxyl groups is 6. The van der Waals surface area contributed by atoms with Gasteiger partial charge in [0.25, 0.3) is 0 Å². The van der Waals surface area contributed by atoms with E-state index in [1.807, 2.05) is 0 Å². The number of carbonyl (C=O) groups excluding carboxylic acids is 4. The van der Waals surface area contributed by atoms with Crippen LogP contribution in [-0.4, -0.2) is 163 Å². The topological polar surface area (TPSA) is 272 Å². The van der Waals surface area contributed by atoms with Crippen LogP contribution >= 0.6 is 0 Å². The molecule has 0 saturated carbocycles. The Balaban J connectivity index is 1.69. The van der Waals surface area contributed by atoms with Crippen LogP contribution in [0.1, 0.15) is 149 Å². The van der Waals surface area contributed by atoms with E-state index in [0.29, 0.717) is 103 Å². The molecule has 0 radical (unpaired) electrons. The maximum Gasteiger partial charge on any atom is 0.220 e. The highest BCUT2D eigenvalue weighted by atomic mass is 16.7. The van der Waals surface area contributed by atoms with Gasteiger partial charge in [0.15, 0.2) is 18.4 Å². The first-order valence-corrected chi connectivity index (χ1v) is 24.2. The third-order valence-corrected chi connectivity index (χ3v) is 12.2. The van der Waals surface area contributed by atoms with Crippen molar-refractivity contribution < 1.29 is 73.5 Å². The van der Waals surface area contributed by atoms with Crippen molar-refractivity contribution in [3.63, 3.8) is 0 Å². The molecule has 0 aromatic carbocycles. The Bertz CT molecular complexity index is 1260. The standard InChI is InChI=1S/C46H85N3O15/c1-32-41(56)43(58)36(30-50)63-45(32)61-28-18-8-12-23-39(54)48-26-16-14-20-34(35(52)21-10-4-5-11-22-38(53)47-25-15-6-7-17-27-60-3)49-40(55)24-13-9-19-29-62-46-33(2)42(57)44(59)37(31-51)64-46/h32-34,36-37,41-46,50-51,56-59H,4-31H2,1-3H3,(H,47,53)(H,48,54)(H,49,55)/t32?,33?,34-,36?,37?,41?,42?,43?,44?,45?,46?/m0/s1. The Morgan fingerprint density at radius 2 is 0.922 bits per heavy atom. The smallest absolute Gasteiger partial charge is 0.220 e. The molecule has 9 N–H and O–H groups in total. The average Bonchev–Trinajstić information content (AvgIpc) is 3.28. The maximum absolute atomic E-state index is 13.4. The number of hydrogen-bond acceptors (Lipinski definition) is 15. The van der Waals surface area contributed by atoms with E-state index in [1.54, 1.807) is 21.0 Å². The third kappa shape index (κ3) is 23.4. The summed E-state index contributed by atoms with van der Waals surface area (Å²) >= 11 is 0. The lowest BCUT2D eigenvalue weighted by atomic mass is 9.92. The zero-order valence-corrected chi connectivity index (χ0v) is 39.0. The van der Waals surface area contributed by atoms with Crippen molar-refractivity contribution in [1.82, 2.24) is 16.0 Å². The van der Waals surface area contributed by atoms with Crippen LogP contribution in [0.5, 0.6) is 0 Å². The van der Waals surface area contributed by atoms with Crippen molar-refractivity contribution in [3.8, 4) is 0 Å². The van der Waals surface area contributed by atoms with Gasteiger partial charge in [-0.15, -0.1) is 0 Å². The lowest BCUT2D eigenvalue weighted by Crippen LogP contribution is -2.55. The monoisotopic (exact) mass is 920 g/mol. The summed E-state index contributed by atoms with van der Waals surface area (Å²) in [5, 5.41) is 68.2. The lowest BCUT2D eigenvalue weighted by molar-refractivity contribution is -0.282. The molecule has 2 saturated heterocycles. The fourth-order valence-electron chi connectivity index (χ4n) is 7.87. The number of ketones is 1. The molecule has 0 aromatic rings. The van der Waals surface area contributed by atoms with E-state index in [2.05, 4.69) is 16.0 Å². The van der Waals surface area contributed by atoms with Gasteiger partial charge in [-0.3, -0.25) is 19.2 Å². The van der Waals surface area contributed by atoms with E-state index < -0.39 is 80.3 Å². The molecule has 11 atom stereocenters. The predicted octanol–water partition coefficient (Wildman–Crippen LogP) is 2.29. The Hall–Kier alpha value is -2.36. The minimum Gasteiger partial charge on any atom is -0.394 e. The van der Waals surface area contributed by atoms with E-state index in [-0.39, 0.29) is 29.9 Å². The van der Waals surface area contributed by atoms with Gasteiger partial charge in [-0.25, -0.2) is 0 Å². The van der Waals surface area contributed by atoms with Gasteiger partial charge in [-0.05, 0) is 70.6 Å². The summed E-state index contributed by atoms with van der Waals surface area (Å²) in [5.41, 5.74) is 0. The molecule has 18 heteroatoms. The third-order valence-electron chi connectivity index (χ3n) is 12.2. The molecule has 0 aliphatic carbocycles. The van der Waals surface area contributed by atoms with Gasteiger partial charge in [0.1, 0.15) is 24.4 Å². The Morgan fingerprint density at radius 3 is 1.41 bits per heavy atom. The quantitative estimate of drug-likeness (QED) is 0.0405. The van der Waals surface area contributed by atoms with E-state index in [1.165, 1.54) is 0 Å². The number of Topliss-reactive ketones (excluding diaryl/α,β-unsaturated/α-hetero) is 1. The van der Waals surface area contributed by atoms with Crippen molar-refractivity contribution in [2.45, 2.75) is 204 Å². The normalized spacial score (nSPS) is 26.3. The second-order valence-corrected chi connectivity index (χ2v) is 17.6. The zero-order chi connectivity index (χ0) is 47.1. The van der Waals surface area contributed by atoms with Crippen molar-refractivity contribution in [2.24, 2.45) is 11.8 Å². The zero-order valence-electron chi connectivity index (χ0n) is 39.0. The fraction of sp³-hybridized carbons (Fsp3) is 0.913. The van der Waals surface area contributed by atoms with Crippen LogP contribution in [0, 0.1) is 11.8 Å². The van der Waals surface area contributed by atoms with Crippen LogP contribution < -0.4 is 16.0 Å². The number of unbranched alkanes of at least 4 members (excludes halogenated alkanes) is 11. The number of hydrogen-bond donors (Lipinski definition) is 9. The first-order valence-electron chi connectivity index (χ1n) is 24.2. The molecule has 2 heterocycles. The molecule has 0 spiro atoms. The number of carbonyl (C=O) groups is 4. The summed E-state index contributed by atoms with van der Waals surface area (Å²) in [7, 11) is 1.70. The molecule has 2 rings (SSSR count). The molecular weight excluding hydrogens is 835 g/mol. The average molecular weight is 920 g/mol. The van der Waals surface area contributed by atoms with E-state index in [0.717, 1.165) is 58.0 Å². The van der Waals surface area contributed by atoms with Crippen LogP contribution in [0.25, 0.3) is 0 Å². The number of ether oxygens (including phenoxy) is 5. The largest absolute Gasteiger partial charge is 0.394 e. The molecule has 374 valence electrons. The van der Waals surface area contributed by atoms with Crippen LogP contribution in [0.4, 0.5) is 0 Å². The molecule has 10 unspecified atom stereocenters. The molecule has 2 aliphatic heterocycles. The van der Waals surface area contributed by atoms with E-state index in [9.17, 15) is 49.8 Å². The van der Waals surface area contributed by atoms with Crippen molar-refractivity contribution >= 4 is 23.5 Å². The number of rotatable bonds is 37. The highest BCUT2D eigenvalue weighted by molar-refractivity contribution is 5.89. The van der Waals surface area contributed by atoms with E-state index >= 15 is 0 Å². The Labute approximate surface area is 381 Å². The minimum atomic E-state index is -1.19. The Morgan fingerprint density at radius 1 is 0.516 bits per heavy atom. The molecule has 3 amide bonds. The highest BCUT2D eigenvalue weighted by Crippen LogP contribution is 2.28. The SMILES string of the molecule is COCCCCCCNC(=O)CCCCCCC(=O)[C@H](CCCCNC(=O)CCCCCOC1OC(CO)C(O)C(O)C1C)NC(=O)CCCCCOC1OC(CO)C(O)C(O)C1C. The molecule has 0 bridgehead atoms. The van der Waals surface area contributed by atoms with Crippen LogP contribution in [0.3, 0.4) is 0 Å². The number of nitrogens with one attached hydrogen (secondary N) is 3. The molecule has 64 heavy (non-hydrogen) atoms. The van der Waals surface area contributed by atoms with Gasteiger partial charge in [0.05, 0.1) is 31.5 Å². The summed E-state index contributed by atoms with van der Waals surface area (Å²) in [6, 6.07) is -0.634. The van der Waals surface area contributed by atoms with Crippen molar-refractivity contribution in [2.75, 3.05) is 53.2 Å². The first-order chi connectivity index (χ1) is 30.8. The summed E-state index contributed by atoms with van der Waals surface area (Å²) in [5.74, 6) is -1.20. The van der Waals surface area contributed by atoms with Gasteiger partial charge in [-0.2, -0.15) is 0 Å². The second-order valence-electron chi connectivity index (χ2n) is 17.6. The van der Waals surface area contributed by atoms with Gasteiger partial charge in [-0.1, -0.05) is 52.4 Å². The van der Waals surface area contributed by atoms with Crippen molar-refractivity contribution in [1.29, 1.82) is 0 Å². The first kappa shape index (κ1) is 57.8. The maximum atomic E-state index is 13.4. The predicted molar refractivity (Wildman–Crippen MR) is 238 cm³/mol. The molecule has 18 nitrogen and oxygen atoms in total. The van der Waals surface area contributed by atoms with Crippen LogP contribution in [0.15, 0.2) is 0 Å². The van der Waals surface area contributed by atoms with Gasteiger partial charge in [0.2, 0.25) is 17.7 Å². The summed E-state index contributed by atoms with van der Waals surface area (Å²) < 4.78 is 27.8. The van der Waals surface area contributed by atoms with Crippen LogP contribution in [0.2, 0.25) is 0 Å². The highest BCUT2D eigenvalue weighted by Gasteiger charge is 2.43. The number of methoxy groups -OCH3 is 1. The molecule has 2 aliphatic rings. The molecule has 0 aromatic heterocycles. The summed E-state index contributed by atoms with van der Waals surface area (Å²) in [4.78, 5) is 51.1. The summed E-state index contributed by atoms with van der Waals surface area (Å²) in [6.45, 7) is 5.10. The fourth-order valence-corrected chi connectivity index (χ4v) is 7.87. The summed E-state index contributed by atoms with van der Waals surface area (Å²) in [6.07, 6.45) is 6.36. The van der Waals surface area contributed by atoms with E-state index in [4.69, 9.17) is 23.7 Å². The van der Waals surface area contributed by atoms with Crippen molar-refractivity contribution in [3.05, 3.63) is 0 Å². The van der Waals surface area contributed by atoms with Gasteiger partial charge >= 0.3 is 0 Å². The van der Waals surface area contributed by atoms with Crippen LogP contribution in [-0.2, 0) is 42.9 Å².